The first kappa shape index (κ1) is 14.1. The summed E-state index contributed by atoms with van der Waals surface area (Å²) in [7, 11) is 1.55. The summed E-state index contributed by atoms with van der Waals surface area (Å²) in [5.41, 5.74) is -1.78. The number of hydrogen-bond donors (Lipinski definition) is 1. The van der Waals surface area contributed by atoms with Crippen molar-refractivity contribution in [2.45, 2.75) is 38.4 Å². The van der Waals surface area contributed by atoms with E-state index < -0.39 is 17.2 Å². The Bertz CT molecular complexity index is 235. The van der Waals surface area contributed by atoms with Gasteiger partial charge in [0.05, 0.1) is 12.2 Å². The van der Waals surface area contributed by atoms with E-state index in [1.807, 2.05) is 13.8 Å². The van der Waals surface area contributed by atoms with Gasteiger partial charge in [-0.05, 0) is 20.8 Å². The van der Waals surface area contributed by atoms with E-state index >= 15 is 0 Å². The lowest BCUT2D eigenvalue weighted by Gasteiger charge is -2.33. The SMILES string of the molecule is C=CCOC(C)(CC(C)(C)OC)C(=O)O. The largest absolute Gasteiger partial charge is 0.479 e. The van der Waals surface area contributed by atoms with Crippen LogP contribution in [0.2, 0.25) is 0 Å². The third kappa shape index (κ3) is 4.44. The number of carboxylic acid groups (broad SMARTS) is 1. The van der Waals surface area contributed by atoms with Crippen molar-refractivity contribution in [3.05, 3.63) is 12.7 Å². The normalized spacial score (nSPS) is 15.7. The quantitative estimate of drug-likeness (QED) is 0.660. The van der Waals surface area contributed by atoms with Gasteiger partial charge in [-0.3, -0.25) is 0 Å². The Balaban J connectivity index is 4.65. The molecule has 0 fully saturated rings. The number of methoxy groups -OCH3 is 1. The van der Waals surface area contributed by atoms with E-state index in [0.29, 0.717) is 0 Å². The number of carboxylic acids is 1. The predicted octanol–water partition coefficient (Wildman–Crippen LogP) is 1.85. The zero-order valence-electron chi connectivity index (χ0n) is 9.87. The molecular weight excluding hydrogens is 196 g/mol. The van der Waals surface area contributed by atoms with Crippen molar-refractivity contribution in [3.8, 4) is 0 Å². The molecule has 0 amide bonds. The van der Waals surface area contributed by atoms with Crippen molar-refractivity contribution in [3.63, 3.8) is 0 Å². The maximum absolute atomic E-state index is 11.1. The van der Waals surface area contributed by atoms with E-state index in [1.54, 1.807) is 14.0 Å². The van der Waals surface area contributed by atoms with Gasteiger partial charge in [-0.15, -0.1) is 6.58 Å². The summed E-state index contributed by atoms with van der Waals surface area (Å²) in [5.74, 6) is -0.991. The molecule has 0 heterocycles. The van der Waals surface area contributed by atoms with E-state index in [4.69, 9.17) is 14.6 Å². The fourth-order valence-electron chi connectivity index (χ4n) is 1.32. The second-order valence-corrected chi connectivity index (χ2v) is 4.28. The molecule has 88 valence electrons. The molecule has 0 rings (SSSR count). The molecule has 4 nitrogen and oxygen atoms in total. The summed E-state index contributed by atoms with van der Waals surface area (Å²) in [6.07, 6.45) is 1.81. The van der Waals surface area contributed by atoms with Gasteiger partial charge in [-0.1, -0.05) is 6.08 Å². The first-order chi connectivity index (χ1) is 6.77. The van der Waals surface area contributed by atoms with Crippen LogP contribution in [0.3, 0.4) is 0 Å². The minimum Gasteiger partial charge on any atom is -0.479 e. The summed E-state index contributed by atoms with van der Waals surface area (Å²) in [6.45, 7) is 8.89. The number of hydrogen-bond acceptors (Lipinski definition) is 3. The molecule has 0 aromatic rings. The molecular formula is C11H20O4. The second-order valence-electron chi connectivity index (χ2n) is 4.28. The standard InChI is InChI=1S/C11H20O4/c1-6-7-15-11(4,9(12)13)8-10(2,3)14-5/h6H,1,7-8H2,2-5H3,(H,12,13). The monoisotopic (exact) mass is 216 g/mol. The molecule has 1 atom stereocenters. The van der Waals surface area contributed by atoms with Crippen LogP contribution in [0.15, 0.2) is 12.7 Å². The summed E-state index contributed by atoms with van der Waals surface area (Å²) in [6, 6.07) is 0. The zero-order valence-corrected chi connectivity index (χ0v) is 9.87. The third-order valence-electron chi connectivity index (χ3n) is 2.29. The van der Waals surface area contributed by atoms with Gasteiger partial charge in [-0.2, -0.15) is 0 Å². The highest BCUT2D eigenvalue weighted by atomic mass is 16.5. The van der Waals surface area contributed by atoms with E-state index in [9.17, 15) is 4.79 Å². The van der Waals surface area contributed by atoms with Crippen LogP contribution >= 0.6 is 0 Å². The highest BCUT2D eigenvalue weighted by Crippen LogP contribution is 2.26. The highest BCUT2D eigenvalue weighted by molar-refractivity contribution is 5.77. The van der Waals surface area contributed by atoms with E-state index in [1.165, 1.54) is 6.08 Å². The second kappa shape index (κ2) is 5.28. The molecule has 15 heavy (non-hydrogen) atoms. The van der Waals surface area contributed by atoms with Crippen molar-refractivity contribution < 1.29 is 19.4 Å². The van der Waals surface area contributed by atoms with Crippen LogP contribution in [0.25, 0.3) is 0 Å². The lowest BCUT2D eigenvalue weighted by molar-refractivity contribution is -0.170. The zero-order chi connectivity index (χ0) is 12.1. The summed E-state index contributed by atoms with van der Waals surface area (Å²) < 4.78 is 10.5. The maximum Gasteiger partial charge on any atom is 0.335 e. The molecule has 0 spiro atoms. The molecule has 0 saturated carbocycles. The number of carbonyl (C=O) groups is 1. The first-order valence-electron chi connectivity index (χ1n) is 4.81. The maximum atomic E-state index is 11.1. The fraction of sp³-hybridized carbons (Fsp3) is 0.727. The van der Waals surface area contributed by atoms with Gasteiger partial charge in [-0.25, -0.2) is 4.79 Å². The van der Waals surface area contributed by atoms with Crippen molar-refractivity contribution in [1.29, 1.82) is 0 Å². The van der Waals surface area contributed by atoms with Crippen molar-refractivity contribution in [2.24, 2.45) is 0 Å². The lowest BCUT2D eigenvalue weighted by atomic mass is 9.90. The van der Waals surface area contributed by atoms with Crippen LogP contribution in [0.1, 0.15) is 27.2 Å². The minimum atomic E-state index is -1.24. The Kier molecular flexibility index (Phi) is 4.97. The molecule has 0 aliphatic carbocycles. The molecule has 0 saturated heterocycles. The van der Waals surface area contributed by atoms with Crippen molar-refractivity contribution in [1.82, 2.24) is 0 Å². The first-order valence-corrected chi connectivity index (χ1v) is 4.81. The van der Waals surface area contributed by atoms with E-state index in [2.05, 4.69) is 6.58 Å². The van der Waals surface area contributed by atoms with E-state index in [-0.39, 0.29) is 13.0 Å². The predicted molar refractivity (Wildman–Crippen MR) is 57.9 cm³/mol. The van der Waals surface area contributed by atoms with Crippen molar-refractivity contribution in [2.75, 3.05) is 13.7 Å². The lowest BCUT2D eigenvalue weighted by Crippen LogP contribution is -2.45. The van der Waals surface area contributed by atoms with Crippen LogP contribution < -0.4 is 0 Å². The Morgan fingerprint density at radius 1 is 1.47 bits per heavy atom. The number of aliphatic carboxylic acids is 1. The van der Waals surface area contributed by atoms with Gasteiger partial charge in [0.25, 0.3) is 0 Å². The van der Waals surface area contributed by atoms with Gasteiger partial charge in [0, 0.05) is 13.5 Å². The summed E-state index contributed by atoms with van der Waals surface area (Å²) in [5, 5.41) is 9.10. The molecule has 0 bridgehead atoms. The Labute approximate surface area is 90.9 Å². The smallest absolute Gasteiger partial charge is 0.335 e. The highest BCUT2D eigenvalue weighted by Gasteiger charge is 2.39. The number of rotatable bonds is 7. The Morgan fingerprint density at radius 3 is 2.33 bits per heavy atom. The Morgan fingerprint density at radius 2 is 2.00 bits per heavy atom. The van der Waals surface area contributed by atoms with Gasteiger partial charge in [0.2, 0.25) is 0 Å². The molecule has 0 aliphatic rings. The van der Waals surface area contributed by atoms with Crippen molar-refractivity contribution >= 4 is 5.97 Å². The van der Waals surface area contributed by atoms with Gasteiger partial charge < -0.3 is 14.6 Å². The van der Waals surface area contributed by atoms with Crippen LogP contribution in [0, 0.1) is 0 Å². The minimum absolute atomic E-state index is 0.211. The molecule has 0 aromatic carbocycles. The van der Waals surface area contributed by atoms with Crippen LogP contribution in [0.4, 0.5) is 0 Å². The average Bonchev–Trinajstić information content (AvgIpc) is 2.14. The molecule has 0 aromatic heterocycles. The molecule has 0 aliphatic heterocycles. The average molecular weight is 216 g/mol. The molecule has 4 heteroatoms. The summed E-state index contributed by atoms with van der Waals surface area (Å²) in [4.78, 5) is 11.1. The Hall–Kier alpha value is -0.870. The van der Waals surface area contributed by atoms with Gasteiger partial charge in [0.15, 0.2) is 5.60 Å². The van der Waals surface area contributed by atoms with Gasteiger partial charge >= 0.3 is 5.97 Å². The topological polar surface area (TPSA) is 55.8 Å². The fourth-order valence-corrected chi connectivity index (χ4v) is 1.32. The van der Waals surface area contributed by atoms with Gasteiger partial charge in [0.1, 0.15) is 0 Å². The molecule has 1 N–H and O–H groups in total. The van der Waals surface area contributed by atoms with Crippen LogP contribution in [0.5, 0.6) is 0 Å². The molecule has 1 unspecified atom stereocenters. The number of ether oxygens (including phenoxy) is 2. The van der Waals surface area contributed by atoms with Crippen LogP contribution in [-0.4, -0.2) is 36.0 Å². The third-order valence-corrected chi connectivity index (χ3v) is 2.29. The van der Waals surface area contributed by atoms with E-state index in [0.717, 1.165) is 0 Å². The molecule has 0 radical (unpaired) electrons. The summed E-state index contributed by atoms with van der Waals surface area (Å²) >= 11 is 0. The van der Waals surface area contributed by atoms with Crippen LogP contribution in [-0.2, 0) is 14.3 Å².